The van der Waals surface area contributed by atoms with Crippen molar-refractivity contribution >= 4 is 40.4 Å². The summed E-state index contributed by atoms with van der Waals surface area (Å²) in [5, 5.41) is 4.90. The second-order valence-corrected chi connectivity index (χ2v) is 18.2. The molecule has 246 valence electrons. The Labute approximate surface area is 303 Å². The van der Waals surface area contributed by atoms with Crippen molar-refractivity contribution in [2.24, 2.45) is 0 Å². The fourth-order valence-corrected chi connectivity index (χ4v) is 11.6. The molecule has 0 saturated heterocycles. The molecule has 0 bridgehead atoms. The maximum Gasteiger partial charge on any atom is 0.164 e. The lowest BCUT2D eigenvalue weighted by atomic mass is 9.95. The summed E-state index contributed by atoms with van der Waals surface area (Å²) in [5.41, 5.74) is 11.8. The number of aromatic nitrogens is 3. The van der Waals surface area contributed by atoms with Gasteiger partial charge in [-0.1, -0.05) is 171 Å². The van der Waals surface area contributed by atoms with Gasteiger partial charge in [-0.15, -0.1) is 0 Å². The molecule has 2 aromatic heterocycles. The monoisotopic (exact) mass is 683 g/mol. The van der Waals surface area contributed by atoms with E-state index in [1.165, 1.54) is 32.6 Å². The highest BCUT2D eigenvalue weighted by Crippen LogP contribution is 2.42. The summed E-state index contributed by atoms with van der Waals surface area (Å²) in [4.78, 5) is 15.8. The van der Waals surface area contributed by atoms with Crippen molar-refractivity contribution in [3.05, 3.63) is 164 Å². The van der Waals surface area contributed by atoms with Gasteiger partial charge in [0.05, 0.1) is 0 Å². The third-order valence-corrected chi connectivity index (χ3v) is 14.1. The van der Waals surface area contributed by atoms with Crippen LogP contribution in [0.5, 0.6) is 0 Å². The van der Waals surface area contributed by atoms with Crippen molar-refractivity contribution in [3.63, 3.8) is 0 Å². The Kier molecular flexibility index (Phi) is 6.91. The van der Waals surface area contributed by atoms with Gasteiger partial charge in [-0.3, -0.25) is 0 Å². The molecule has 0 atom stereocenters. The van der Waals surface area contributed by atoms with Crippen LogP contribution in [0, 0.1) is 0 Å². The molecular formula is C47H33N3OSi. The largest absolute Gasteiger partial charge is 0.455 e. The van der Waals surface area contributed by atoms with Crippen LogP contribution in [0.25, 0.3) is 89.5 Å². The zero-order valence-corrected chi connectivity index (χ0v) is 29.8. The fraction of sp³-hybridized carbons (Fsp3) is 0.0426. The van der Waals surface area contributed by atoms with Crippen molar-refractivity contribution < 1.29 is 4.42 Å². The van der Waals surface area contributed by atoms with E-state index in [-0.39, 0.29) is 0 Å². The van der Waals surface area contributed by atoms with Gasteiger partial charge in [0, 0.05) is 33.0 Å². The van der Waals surface area contributed by atoms with Crippen molar-refractivity contribution in [2.75, 3.05) is 0 Å². The first kappa shape index (κ1) is 30.4. The molecule has 0 radical (unpaired) electrons. The molecule has 0 N–H and O–H groups in total. The third-order valence-electron chi connectivity index (χ3n) is 10.5. The number of para-hydroxylation sites is 1. The molecule has 0 unspecified atom stereocenters. The average Bonchev–Trinajstić information content (AvgIpc) is 3.71. The second kappa shape index (κ2) is 11.8. The molecule has 1 aliphatic heterocycles. The molecule has 0 saturated carbocycles. The molecule has 52 heavy (non-hydrogen) atoms. The topological polar surface area (TPSA) is 51.8 Å². The first-order chi connectivity index (χ1) is 25.6. The lowest BCUT2D eigenvalue weighted by Gasteiger charge is -2.22. The summed E-state index contributed by atoms with van der Waals surface area (Å²) < 4.78 is 6.63. The molecule has 0 aliphatic carbocycles. The van der Waals surface area contributed by atoms with Crippen LogP contribution in [0.15, 0.2) is 168 Å². The van der Waals surface area contributed by atoms with Gasteiger partial charge in [0.2, 0.25) is 0 Å². The zero-order chi connectivity index (χ0) is 34.8. The molecule has 10 rings (SSSR count). The van der Waals surface area contributed by atoms with Crippen LogP contribution in [0.3, 0.4) is 0 Å². The Morgan fingerprint density at radius 3 is 1.67 bits per heavy atom. The first-order valence-electron chi connectivity index (χ1n) is 17.7. The lowest BCUT2D eigenvalue weighted by Crippen LogP contribution is -2.50. The van der Waals surface area contributed by atoms with Gasteiger partial charge < -0.3 is 4.42 Å². The number of benzene rings is 7. The summed E-state index contributed by atoms with van der Waals surface area (Å²) in [6.07, 6.45) is 0. The second-order valence-electron chi connectivity index (χ2n) is 13.9. The Morgan fingerprint density at radius 1 is 0.423 bits per heavy atom. The van der Waals surface area contributed by atoms with Gasteiger partial charge in [-0.2, -0.15) is 0 Å². The van der Waals surface area contributed by atoms with E-state index in [0.717, 1.165) is 49.8 Å². The molecule has 9 aromatic rings. The van der Waals surface area contributed by atoms with Crippen LogP contribution >= 0.6 is 0 Å². The summed E-state index contributed by atoms with van der Waals surface area (Å²) in [5.74, 6) is 1.92. The molecule has 5 heteroatoms. The van der Waals surface area contributed by atoms with Crippen LogP contribution in [-0.2, 0) is 0 Å². The maximum atomic E-state index is 6.63. The standard InChI is InChI=1S/C47H33N3OSi/c1-52(2)40-29-15-27-38(42(40)36-25-13-23-34(44(36)52)31-18-8-4-9-19-31)47-49-45(32-20-10-5-11-21-32)48-46(50-47)37-26-14-28-39-41(37)35-24-12-22-33(43(35)51-39)30-16-6-3-7-17-30/h3-29H,1-2H3. The molecule has 0 spiro atoms. The Morgan fingerprint density at radius 2 is 0.942 bits per heavy atom. The molecule has 7 aromatic carbocycles. The van der Waals surface area contributed by atoms with E-state index in [1.54, 1.807) is 0 Å². The summed E-state index contributed by atoms with van der Waals surface area (Å²) in [6.45, 7) is 4.94. The molecular weight excluding hydrogens is 651 g/mol. The van der Waals surface area contributed by atoms with Crippen molar-refractivity contribution in [2.45, 2.75) is 13.1 Å². The van der Waals surface area contributed by atoms with Crippen molar-refractivity contribution in [3.8, 4) is 67.5 Å². The fourth-order valence-electron chi connectivity index (χ4n) is 8.19. The molecule has 0 amide bonds. The van der Waals surface area contributed by atoms with Gasteiger partial charge in [-0.05, 0) is 44.3 Å². The molecule has 1 aliphatic rings. The minimum absolute atomic E-state index is 0.618. The Balaban J connectivity index is 1.23. The van der Waals surface area contributed by atoms with Gasteiger partial charge in [0.1, 0.15) is 19.2 Å². The van der Waals surface area contributed by atoms with E-state index in [4.69, 9.17) is 19.4 Å². The predicted octanol–water partition coefficient (Wildman–Crippen LogP) is 10.9. The van der Waals surface area contributed by atoms with E-state index in [1.807, 2.05) is 36.4 Å². The highest BCUT2D eigenvalue weighted by atomic mass is 28.3. The number of hydrogen-bond donors (Lipinski definition) is 0. The molecule has 0 fully saturated rings. The Bertz CT molecular complexity index is 2810. The highest BCUT2D eigenvalue weighted by Gasteiger charge is 2.41. The van der Waals surface area contributed by atoms with Gasteiger partial charge >= 0.3 is 0 Å². The molecule has 3 heterocycles. The van der Waals surface area contributed by atoms with E-state index in [2.05, 4.69) is 140 Å². The number of fused-ring (bicyclic) bond motifs is 6. The first-order valence-corrected chi connectivity index (χ1v) is 20.7. The van der Waals surface area contributed by atoms with Gasteiger partial charge in [0.25, 0.3) is 0 Å². The minimum atomic E-state index is -2.10. The van der Waals surface area contributed by atoms with Crippen LogP contribution in [0.2, 0.25) is 13.1 Å². The summed E-state index contributed by atoms with van der Waals surface area (Å²) in [7, 11) is -2.10. The normalized spacial score (nSPS) is 13.0. The van der Waals surface area contributed by atoms with E-state index in [0.29, 0.717) is 17.5 Å². The van der Waals surface area contributed by atoms with Gasteiger partial charge in [0.15, 0.2) is 17.5 Å². The van der Waals surface area contributed by atoms with Crippen LogP contribution in [-0.4, -0.2) is 23.0 Å². The SMILES string of the molecule is C[Si]1(C)c2cccc(-c3nc(-c4ccccc4)nc(-c4cccc5oc6c(-c7ccccc7)cccc6c45)n3)c2-c2cccc(-c3ccccc3)c21. The van der Waals surface area contributed by atoms with Crippen LogP contribution in [0.4, 0.5) is 0 Å². The predicted molar refractivity (Wildman–Crippen MR) is 216 cm³/mol. The third kappa shape index (κ3) is 4.70. The van der Waals surface area contributed by atoms with Crippen molar-refractivity contribution in [1.82, 2.24) is 15.0 Å². The van der Waals surface area contributed by atoms with Gasteiger partial charge in [-0.25, -0.2) is 15.0 Å². The minimum Gasteiger partial charge on any atom is -0.455 e. The highest BCUT2D eigenvalue weighted by molar-refractivity contribution is 7.04. The van der Waals surface area contributed by atoms with E-state index >= 15 is 0 Å². The lowest BCUT2D eigenvalue weighted by molar-refractivity contribution is 0.670. The zero-order valence-electron chi connectivity index (χ0n) is 28.8. The average molecular weight is 684 g/mol. The van der Waals surface area contributed by atoms with E-state index < -0.39 is 8.07 Å². The summed E-state index contributed by atoms with van der Waals surface area (Å²) in [6, 6.07) is 57.4. The quantitative estimate of drug-likeness (QED) is 0.169. The number of nitrogens with zero attached hydrogens (tertiary/aromatic N) is 3. The van der Waals surface area contributed by atoms with Crippen LogP contribution in [0.1, 0.15) is 0 Å². The number of furan rings is 1. The van der Waals surface area contributed by atoms with Crippen molar-refractivity contribution in [1.29, 1.82) is 0 Å². The van der Waals surface area contributed by atoms with E-state index in [9.17, 15) is 0 Å². The number of hydrogen-bond acceptors (Lipinski definition) is 4. The smallest absolute Gasteiger partial charge is 0.164 e. The molecule has 4 nitrogen and oxygen atoms in total. The summed E-state index contributed by atoms with van der Waals surface area (Å²) >= 11 is 0. The van der Waals surface area contributed by atoms with Crippen LogP contribution < -0.4 is 10.4 Å². The Hall–Kier alpha value is -6.43. The maximum absolute atomic E-state index is 6.63. The number of rotatable bonds is 5.